The van der Waals surface area contributed by atoms with Crippen LogP contribution < -0.4 is 9.64 Å². The van der Waals surface area contributed by atoms with Gasteiger partial charge in [-0.3, -0.25) is 9.59 Å². The van der Waals surface area contributed by atoms with Crippen molar-refractivity contribution in [3.8, 4) is 5.75 Å². The van der Waals surface area contributed by atoms with Gasteiger partial charge in [-0.05, 0) is 32.0 Å². The fourth-order valence-electron chi connectivity index (χ4n) is 3.19. The molecule has 0 unspecified atom stereocenters. The number of aryl methyl sites for hydroxylation is 1. The third-order valence-electron chi connectivity index (χ3n) is 4.32. The Kier molecular flexibility index (Phi) is 4.59. The first-order chi connectivity index (χ1) is 11.9. The first kappa shape index (κ1) is 17.2. The van der Waals surface area contributed by atoms with E-state index in [2.05, 4.69) is 0 Å². The van der Waals surface area contributed by atoms with Gasteiger partial charge in [0, 0.05) is 12.0 Å². The molecule has 0 aliphatic carbocycles. The first-order valence-electron chi connectivity index (χ1n) is 8.24. The van der Waals surface area contributed by atoms with Crippen LogP contribution in [-0.2, 0) is 15.2 Å². The first-order valence-corrected chi connectivity index (χ1v) is 8.24. The zero-order valence-corrected chi connectivity index (χ0v) is 14.4. The van der Waals surface area contributed by atoms with Crippen LogP contribution in [0.3, 0.4) is 0 Å². The number of aliphatic hydroxyl groups is 1. The molecule has 2 aromatic rings. The van der Waals surface area contributed by atoms with Gasteiger partial charge in [0.2, 0.25) is 0 Å². The number of carbonyl (C=O) groups excluding carboxylic acids is 2. The van der Waals surface area contributed by atoms with Crippen LogP contribution in [0.5, 0.6) is 5.75 Å². The number of Topliss-reactive ketones (excluding diaryl/α,β-unsaturated/α-hetero) is 1. The molecule has 1 aliphatic heterocycles. The number of nitrogens with zero attached hydrogens (tertiary/aromatic N) is 1. The average Bonchev–Trinajstić information content (AvgIpc) is 2.77. The highest BCUT2D eigenvalue weighted by molar-refractivity contribution is 6.08. The minimum atomic E-state index is -1.79. The van der Waals surface area contributed by atoms with Gasteiger partial charge in [0.1, 0.15) is 18.1 Å². The van der Waals surface area contributed by atoms with Crippen LogP contribution in [-0.4, -0.2) is 29.9 Å². The van der Waals surface area contributed by atoms with E-state index in [1.807, 2.05) is 49.4 Å². The maximum absolute atomic E-state index is 12.8. The number of para-hydroxylation sites is 1. The second-order valence-corrected chi connectivity index (χ2v) is 6.38. The zero-order valence-electron chi connectivity index (χ0n) is 14.4. The quantitative estimate of drug-likeness (QED) is 0.878. The molecule has 0 radical (unpaired) electrons. The molecule has 0 bridgehead atoms. The Bertz CT molecular complexity index is 803. The standard InChI is InChI=1S/C20H21NO4/c1-14-8-9-18-17(12-14)20(24,13-15(2)22)19(23)21(18)10-11-25-16-6-4-3-5-7-16/h3-9,12,24H,10-11,13H2,1-2H3/t20-/m1/s1. The summed E-state index contributed by atoms with van der Waals surface area (Å²) in [5.41, 5.74) is 0.263. The molecule has 0 spiro atoms. The summed E-state index contributed by atoms with van der Waals surface area (Å²) >= 11 is 0. The number of amides is 1. The van der Waals surface area contributed by atoms with Crippen molar-refractivity contribution in [1.29, 1.82) is 0 Å². The molecule has 5 heteroatoms. The zero-order chi connectivity index (χ0) is 18.0. The SMILES string of the molecule is CC(=O)C[C@]1(O)C(=O)N(CCOc2ccccc2)c2ccc(C)cc21. The van der Waals surface area contributed by atoms with Gasteiger partial charge >= 0.3 is 0 Å². The van der Waals surface area contributed by atoms with E-state index in [0.717, 1.165) is 11.3 Å². The van der Waals surface area contributed by atoms with Crippen LogP contribution in [0.2, 0.25) is 0 Å². The lowest BCUT2D eigenvalue weighted by Crippen LogP contribution is -2.43. The van der Waals surface area contributed by atoms with Crippen molar-refractivity contribution in [2.45, 2.75) is 25.9 Å². The molecule has 1 amide bonds. The Balaban J connectivity index is 1.83. The summed E-state index contributed by atoms with van der Waals surface area (Å²) in [4.78, 5) is 25.9. The predicted molar refractivity (Wildman–Crippen MR) is 94.7 cm³/mol. The average molecular weight is 339 g/mol. The monoisotopic (exact) mass is 339 g/mol. The van der Waals surface area contributed by atoms with Crippen molar-refractivity contribution in [1.82, 2.24) is 0 Å². The number of rotatable bonds is 6. The van der Waals surface area contributed by atoms with Crippen LogP contribution in [0.1, 0.15) is 24.5 Å². The number of anilines is 1. The van der Waals surface area contributed by atoms with Gasteiger partial charge in [-0.1, -0.05) is 35.9 Å². The molecule has 130 valence electrons. The lowest BCUT2D eigenvalue weighted by atomic mass is 9.89. The molecule has 25 heavy (non-hydrogen) atoms. The molecule has 0 fully saturated rings. The van der Waals surface area contributed by atoms with E-state index in [9.17, 15) is 14.7 Å². The largest absolute Gasteiger partial charge is 0.492 e. The highest BCUT2D eigenvalue weighted by atomic mass is 16.5. The molecule has 0 aromatic heterocycles. The smallest absolute Gasteiger partial charge is 0.264 e. The summed E-state index contributed by atoms with van der Waals surface area (Å²) in [5.74, 6) is 0.0166. The van der Waals surface area contributed by atoms with E-state index in [1.54, 1.807) is 6.07 Å². The molecule has 5 nitrogen and oxygen atoms in total. The van der Waals surface area contributed by atoms with Crippen molar-refractivity contribution < 1.29 is 19.4 Å². The number of ketones is 1. The molecular formula is C20H21NO4. The lowest BCUT2D eigenvalue weighted by molar-refractivity contribution is -0.141. The number of carbonyl (C=O) groups is 2. The second kappa shape index (κ2) is 6.69. The Hall–Kier alpha value is -2.66. The topological polar surface area (TPSA) is 66.8 Å². The third kappa shape index (κ3) is 3.28. The van der Waals surface area contributed by atoms with Crippen molar-refractivity contribution in [2.75, 3.05) is 18.1 Å². The molecule has 1 aliphatic rings. The molecule has 1 heterocycles. The normalized spacial score (nSPS) is 19.0. The summed E-state index contributed by atoms with van der Waals surface area (Å²) < 4.78 is 5.66. The van der Waals surface area contributed by atoms with Gasteiger partial charge in [0.15, 0.2) is 5.60 Å². The summed E-state index contributed by atoms with van der Waals surface area (Å²) in [7, 11) is 0. The minimum Gasteiger partial charge on any atom is -0.492 e. The molecule has 2 aromatic carbocycles. The number of hydrogen-bond donors (Lipinski definition) is 1. The Morgan fingerprint density at radius 3 is 2.60 bits per heavy atom. The summed E-state index contributed by atoms with van der Waals surface area (Å²) in [5, 5.41) is 10.9. The van der Waals surface area contributed by atoms with Gasteiger partial charge in [-0.15, -0.1) is 0 Å². The summed E-state index contributed by atoms with van der Waals surface area (Å²) in [6.45, 7) is 3.85. The molecule has 0 saturated heterocycles. The maximum atomic E-state index is 12.8. The van der Waals surface area contributed by atoms with E-state index in [0.29, 0.717) is 24.4 Å². The molecular weight excluding hydrogens is 318 g/mol. The minimum absolute atomic E-state index is 0.224. The molecule has 1 N–H and O–H groups in total. The van der Waals surface area contributed by atoms with Gasteiger partial charge < -0.3 is 14.7 Å². The predicted octanol–water partition coefficient (Wildman–Crippen LogP) is 2.59. The van der Waals surface area contributed by atoms with Gasteiger partial charge in [-0.2, -0.15) is 0 Å². The summed E-state index contributed by atoms with van der Waals surface area (Å²) in [6.07, 6.45) is -0.224. The van der Waals surface area contributed by atoms with Crippen LogP contribution in [0.15, 0.2) is 48.5 Å². The second-order valence-electron chi connectivity index (χ2n) is 6.38. The van der Waals surface area contributed by atoms with Crippen LogP contribution in [0.25, 0.3) is 0 Å². The Labute approximate surface area is 146 Å². The molecule has 1 atom stereocenters. The summed E-state index contributed by atoms with van der Waals surface area (Å²) in [6, 6.07) is 14.8. The number of benzene rings is 2. The van der Waals surface area contributed by atoms with Crippen molar-refractivity contribution in [3.05, 3.63) is 59.7 Å². The van der Waals surface area contributed by atoms with Gasteiger partial charge in [0.05, 0.1) is 12.2 Å². The third-order valence-corrected chi connectivity index (χ3v) is 4.32. The number of fused-ring (bicyclic) bond motifs is 1. The van der Waals surface area contributed by atoms with Gasteiger partial charge in [0.25, 0.3) is 5.91 Å². The van der Waals surface area contributed by atoms with E-state index < -0.39 is 11.5 Å². The van der Waals surface area contributed by atoms with Crippen molar-refractivity contribution >= 4 is 17.4 Å². The van der Waals surface area contributed by atoms with E-state index in [-0.39, 0.29) is 12.2 Å². The van der Waals surface area contributed by atoms with Gasteiger partial charge in [-0.25, -0.2) is 0 Å². The molecule has 0 saturated carbocycles. The highest BCUT2D eigenvalue weighted by Crippen LogP contribution is 2.42. The maximum Gasteiger partial charge on any atom is 0.264 e. The fraction of sp³-hybridized carbons (Fsp3) is 0.300. The Morgan fingerprint density at radius 2 is 1.92 bits per heavy atom. The molecule has 3 rings (SSSR count). The van der Waals surface area contributed by atoms with E-state index in [4.69, 9.17) is 4.74 Å². The van der Waals surface area contributed by atoms with E-state index >= 15 is 0 Å². The van der Waals surface area contributed by atoms with Crippen LogP contribution in [0.4, 0.5) is 5.69 Å². The van der Waals surface area contributed by atoms with Crippen LogP contribution in [0, 0.1) is 6.92 Å². The van der Waals surface area contributed by atoms with Crippen molar-refractivity contribution in [3.63, 3.8) is 0 Å². The fourth-order valence-corrected chi connectivity index (χ4v) is 3.19. The number of ether oxygens (including phenoxy) is 1. The lowest BCUT2D eigenvalue weighted by Gasteiger charge is -2.22. The van der Waals surface area contributed by atoms with Crippen molar-refractivity contribution in [2.24, 2.45) is 0 Å². The van der Waals surface area contributed by atoms with Crippen LogP contribution >= 0.6 is 0 Å². The highest BCUT2D eigenvalue weighted by Gasteiger charge is 2.50. The van der Waals surface area contributed by atoms with E-state index in [1.165, 1.54) is 11.8 Å². The number of hydrogen-bond acceptors (Lipinski definition) is 4. The Morgan fingerprint density at radius 1 is 1.20 bits per heavy atom.